The minimum absolute atomic E-state index is 0.0996. The van der Waals surface area contributed by atoms with Crippen LogP contribution in [0.3, 0.4) is 0 Å². The van der Waals surface area contributed by atoms with Gasteiger partial charge < -0.3 is 10.2 Å². The molecule has 2 saturated heterocycles. The number of carbonyl (C=O) groups excluding carboxylic acids is 1. The van der Waals surface area contributed by atoms with Crippen molar-refractivity contribution in [2.75, 3.05) is 13.1 Å². The number of aliphatic hydroxyl groups excluding tert-OH is 1. The first-order chi connectivity index (χ1) is 9.50. The molecule has 4 nitrogen and oxygen atoms in total. The zero-order valence-electron chi connectivity index (χ0n) is 12.0. The number of hydrogen-bond acceptors (Lipinski definition) is 4. The molecular formula is C16H23NO3. The molecule has 0 aromatic rings. The predicted octanol–water partition coefficient (Wildman–Crippen LogP) is 0.872. The minimum Gasteiger partial charge on any atom is -0.385 e. The normalized spacial score (nSPS) is 51.5. The van der Waals surface area contributed by atoms with E-state index in [2.05, 4.69) is 17.9 Å². The van der Waals surface area contributed by atoms with Gasteiger partial charge in [0.15, 0.2) is 5.78 Å². The topological polar surface area (TPSA) is 60.8 Å². The summed E-state index contributed by atoms with van der Waals surface area (Å²) in [5, 5.41) is 21.7. The Kier molecular flexibility index (Phi) is 2.55. The lowest BCUT2D eigenvalue weighted by atomic mass is 9.48. The van der Waals surface area contributed by atoms with E-state index in [4.69, 9.17) is 0 Å². The van der Waals surface area contributed by atoms with E-state index in [1.165, 1.54) is 5.57 Å². The third kappa shape index (κ3) is 1.26. The molecule has 2 aliphatic heterocycles. The average molecular weight is 277 g/mol. The van der Waals surface area contributed by atoms with Gasteiger partial charge in [0.1, 0.15) is 11.7 Å². The fourth-order valence-electron chi connectivity index (χ4n) is 5.69. The number of hydrogen-bond donors (Lipinski definition) is 2. The predicted molar refractivity (Wildman–Crippen MR) is 74.1 cm³/mol. The molecule has 4 heteroatoms. The Morgan fingerprint density at radius 1 is 1.35 bits per heavy atom. The highest BCUT2D eigenvalue weighted by atomic mass is 16.3. The third-order valence-corrected chi connectivity index (χ3v) is 6.33. The van der Waals surface area contributed by atoms with Gasteiger partial charge in [0, 0.05) is 5.92 Å². The van der Waals surface area contributed by atoms with E-state index < -0.39 is 17.2 Å². The van der Waals surface area contributed by atoms with Crippen molar-refractivity contribution in [3.05, 3.63) is 11.6 Å². The van der Waals surface area contributed by atoms with Crippen LogP contribution in [0.1, 0.15) is 39.0 Å². The highest BCUT2D eigenvalue weighted by molar-refractivity contribution is 5.94. The van der Waals surface area contributed by atoms with Crippen LogP contribution in [-0.4, -0.2) is 51.2 Å². The van der Waals surface area contributed by atoms with Gasteiger partial charge in [-0.3, -0.25) is 9.69 Å². The van der Waals surface area contributed by atoms with E-state index in [1.807, 2.05) is 0 Å². The number of aliphatic hydroxyl groups is 2. The van der Waals surface area contributed by atoms with Crippen LogP contribution in [0.15, 0.2) is 11.6 Å². The molecule has 5 unspecified atom stereocenters. The Morgan fingerprint density at radius 3 is 2.90 bits per heavy atom. The second-order valence-electron chi connectivity index (χ2n) is 7.20. The summed E-state index contributed by atoms with van der Waals surface area (Å²) >= 11 is 0. The van der Waals surface area contributed by atoms with Crippen LogP contribution >= 0.6 is 0 Å². The zero-order valence-corrected chi connectivity index (χ0v) is 12.0. The van der Waals surface area contributed by atoms with Crippen molar-refractivity contribution in [1.82, 2.24) is 4.90 Å². The summed E-state index contributed by atoms with van der Waals surface area (Å²) in [6, 6.07) is 0. The molecule has 4 aliphatic rings. The van der Waals surface area contributed by atoms with Crippen molar-refractivity contribution in [3.8, 4) is 0 Å². The smallest absolute Gasteiger partial charge is 0.195 e. The molecule has 110 valence electrons. The molecule has 1 spiro atoms. The molecule has 0 aromatic heterocycles. The molecule has 2 bridgehead atoms. The SMILES string of the molecule is CC1=CC2C(O)C(=O)C3(O)CCCN4CCCC2C43C1. The van der Waals surface area contributed by atoms with Crippen LogP contribution in [-0.2, 0) is 4.79 Å². The summed E-state index contributed by atoms with van der Waals surface area (Å²) in [5.74, 6) is -0.204. The molecule has 2 heterocycles. The van der Waals surface area contributed by atoms with Crippen molar-refractivity contribution in [1.29, 1.82) is 0 Å². The maximum absolute atomic E-state index is 12.7. The van der Waals surface area contributed by atoms with E-state index >= 15 is 0 Å². The Hall–Kier alpha value is -0.710. The van der Waals surface area contributed by atoms with E-state index in [9.17, 15) is 15.0 Å². The summed E-state index contributed by atoms with van der Waals surface area (Å²) in [7, 11) is 0. The summed E-state index contributed by atoms with van der Waals surface area (Å²) < 4.78 is 0. The van der Waals surface area contributed by atoms with Gasteiger partial charge in [0.2, 0.25) is 0 Å². The fourth-order valence-corrected chi connectivity index (χ4v) is 5.69. The molecule has 0 aromatic carbocycles. The van der Waals surface area contributed by atoms with Crippen molar-refractivity contribution in [2.24, 2.45) is 11.8 Å². The fraction of sp³-hybridized carbons (Fsp3) is 0.812. The summed E-state index contributed by atoms with van der Waals surface area (Å²) in [6.07, 6.45) is 5.32. The van der Waals surface area contributed by atoms with E-state index in [-0.39, 0.29) is 17.6 Å². The number of Topliss-reactive ketones (excluding diaryl/α,β-unsaturated/α-hetero) is 1. The first-order valence-electron chi connectivity index (χ1n) is 7.88. The highest BCUT2D eigenvalue weighted by Crippen LogP contribution is 2.59. The van der Waals surface area contributed by atoms with Crippen molar-refractivity contribution in [3.63, 3.8) is 0 Å². The Morgan fingerprint density at radius 2 is 2.10 bits per heavy atom. The van der Waals surface area contributed by atoms with Crippen molar-refractivity contribution >= 4 is 5.78 Å². The average Bonchev–Trinajstić information content (AvgIpc) is 2.43. The molecule has 0 radical (unpaired) electrons. The molecule has 2 aliphatic carbocycles. The molecule has 4 rings (SSSR count). The molecule has 0 amide bonds. The minimum atomic E-state index is -1.35. The quantitative estimate of drug-likeness (QED) is 0.645. The van der Waals surface area contributed by atoms with Crippen LogP contribution in [0.25, 0.3) is 0 Å². The number of piperidine rings is 2. The summed E-state index contributed by atoms with van der Waals surface area (Å²) in [6.45, 7) is 4.02. The molecule has 3 fully saturated rings. The maximum atomic E-state index is 12.7. The van der Waals surface area contributed by atoms with Gasteiger partial charge in [-0.1, -0.05) is 11.6 Å². The van der Waals surface area contributed by atoms with Gasteiger partial charge in [-0.2, -0.15) is 0 Å². The standard InChI is InChI=1S/C16H23NO3/c1-10-8-11-12-4-2-6-17-7-3-5-16(20,14(19)13(11)18)15(12,17)9-10/h8,11-13,18,20H,2-7,9H2,1H3. The molecule has 2 N–H and O–H groups in total. The first kappa shape index (κ1) is 13.0. The Bertz CT molecular complexity index is 500. The first-order valence-corrected chi connectivity index (χ1v) is 7.88. The second kappa shape index (κ2) is 3.93. The number of carbonyl (C=O) groups is 1. The Balaban J connectivity index is 1.95. The lowest BCUT2D eigenvalue weighted by Gasteiger charge is -2.67. The number of ketones is 1. The van der Waals surface area contributed by atoms with Crippen LogP contribution in [0.5, 0.6) is 0 Å². The summed E-state index contributed by atoms with van der Waals surface area (Å²) in [5.41, 5.74) is -0.574. The van der Waals surface area contributed by atoms with Gasteiger partial charge >= 0.3 is 0 Å². The number of nitrogens with zero attached hydrogens (tertiary/aromatic N) is 1. The van der Waals surface area contributed by atoms with Crippen LogP contribution < -0.4 is 0 Å². The van der Waals surface area contributed by atoms with Crippen molar-refractivity contribution < 1.29 is 15.0 Å². The molecule has 5 atom stereocenters. The van der Waals surface area contributed by atoms with Gasteiger partial charge in [0.25, 0.3) is 0 Å². The lowest BCUT2D eigenvalue weighted by Crippen LogP contribution is -2.81. The van der Waals surface area contributed by atoms with Crippen LogP contribution in [0.2, 0.25) is 0 Å². The monoisotopic (exact) mass is 277 g/mol. The van der Waals surface area contributed by atoms with Crippen molar-refractivity contribution in [2.45, 2.75) is 56.3 Å². The molecule has 1 saturated carbocycles. The summed E-state index contributed by atoms with van der Waals surface area (Å²) in [4.78, 5) is 15.0. The third-order valence-electron chi connectivity index (χ3n) is 6.33. The Labute approximate surface area is 119 Å². The molecular weight excluding hydrogens is 254 g/mol. The molecule has 20 heavy (non-hydrogen) atoms. The van der Waals surface area contributed by atoms with Gasteiger partial charge in [-0.15, -0.1) is 0 Å². The maximum Gasteiger partial charge on any atom is 0.195 e. The van der Waals surface area contributed by atoms with Crippen LogP contribution in [0.4, 0.5) is 0 Å². The van der Waals surface area contributed by atoms with E-state index in [0.29, 0.717) is 6.42 Å². The van der Waals surface area contributed by atoms with Gasteiger partial charge in [-0.25, -0.2) is 0 Å². The largest absolute Gasteiger partial charge is 0.385 e. The van der Waals surface area contributed by atoms with Crippen LogP contribution in [0, 0.1) is 11.8 Å². The van der Waals surface area contributed by atoms with E-state index in [0.717, 1.165) is 38.8 Å². The number of rotatable bonds is 0. The van der Waals surface area contributed by atoms with E-state index in [1.54, 1.807) is 0 Å². The lowest BCUT2D eigenvalue weighted by molar-refractivity contribution is -0.227. The zero-order chi connectivity index (χ0) is 14.1. The van der Waals surface area contributed by atoms with Gasteiger partial charge in [-0.05, 0) is 58.0 Å². The highest BCUT2D eigenvalue weighted by Gasteiger charge is 2.71. The van der Waals surface area contributed by atoms with Gasteiger partial charge in [0.05, 0.1) is 5.54 Å². The second-order valence-corrected chi connectivity index (χ2v) is 7.20.